The van der Waals surface area contributed by atoms with Crippen LogP contribution in [0.4, 0.5) is 0 Å². The molecule has 1 aliphatic rings. The second-order valence-corrected chi connectivity index (χ2v) is 9.48. The Balaban J connectivity index is 0.000000806. The van der Waals surface area contributed by atoms with Crippen molar-refractivity contribution in [1.82, 2.24) is 14.8 Å². The molecule has 1 saturated heterocycles. The Kier molecular flexibility index (Phi) is 7.43. The maximum absolute atomic E-state index is 12.8. The van der Waals surface area contributed by atoms with E-state index in [0.29, 0.717) is 17.3 Å². The molecule has 3 aromatic rings. The summed E-state index contributed by atoms with van der Waals surface area (Å²) < 4.78 is 39.0. The molecule has 0 aliphatic carbocycles. The topological polar surface area (TPSA) is 126 Å². The van der Waals surface area contributed by atoms with Crippen molar-refractivity contribution >= 4 is 27.8 Å². The molecule has 2 N–H and O–H groups in total. The summed E-state index contributed by atoms with van der Waals surface area (Å²) in [6.07, 6.45) is 3.07. The predicted molar refractivity (Wildman–Crippen MR) is 111 cm³/mol. The Hall–Kier alpha value is -2.47. The maximum atomic E-state index is 12.8. The molecule has 11 heteroatoms. The zero-order chi connectivity index (χ0) is 21.6. The lowest BCUT2D eigenvalue weighted by atomic mass is 10.1. The predicted octanol–water partition coefficient (Wildman–Crippen LogP) is 2.95. The van der Waals surface area contributed by atoms with Crippen LogP contribution < -0.4 is 4.72 Å². The molecular formula is C19H23N3O6S2. The summed E-state index contributed by atoms with van der Waals surface area (Å²) in [5.74, 6) is 1.10. The zero-order valence-electron chi connectivity index (χ0n) is 16.4. The molecule has 0 saturated carbocycles. The smallest absolute Gasteiger partial charge is 0.290 e. The van der Waals surface area contributed by atoms with E-state index in [2.05, 4.69) is 32.3 Å². The Morgan fingerprint density at radius 1 is 1.33 bits per heavy atom. The summed E-state index contributed by atoms with van der Waals surface area (Å²) in [6, 6.07) is 7.24. The number of carbonyl (C=O) groups is 1. The molecule has 0 unspecified atom stereocenters. The van der Waals surface area contributed by atoms with E-state index in [0.717, 1.165) is 32.5 Å². The van der Waals surface area contributed by atoms with Crippen LogP contribution in [0.1, 0.15) is 23.5 Å². The van der Waals surface area contributed by atoms with Crippen molar-refractivity contribution in [1.29, 1.82) is 0 Å². The summed E-state index contributed by atoms with van der Waals surface area (Å²) in [5.41, 5.74) is 0. The normalized spacial score (nSPS) is 15.5. The van der Waals surface area contributed by atoms with Gasteiger partial charge in [-0.15, -0.1) is 11.3 Å². The first-order valence-corrected chi connectivity index (χ1v) is 11.7. The molecule has 4 rings (SSSR count). The third-order valence-corrected chi connectivity index (χ3v) is 7.20. The molecule has 0 spiro atoms. The lowest BCUT2D eigenvalue weighted by Crippen LogP contribution is -2.44. The first-order valence-electron chi connectivity index (χ1n) is 9.29. The number of rotatable bonds is 6. The molecule has 0 atom stereocenters. The minimum Gasteiger partial charge on any atom is -0.483 e. The highest BCUT2D eigenvalue weighted by Crippen LogP contribution is 2.28. The molecule has 0 aromatic carbocycles. The Morgan fingerprint density at radius 3 is 2.67 bits per heavy atom. The highest BCUT2D eigenvalue weighted by Gasteiger charge is 2.28. The molecular weight excluding hydrogens is 430 g/mol. The van der Waals surface area contributed by atoms with Crippen LogP contribution in [0.15, 0.2) is 49.7 Å². The molecule has 1 fully saturated rings. The van der Waals surface area contributed by atoms with Crippen molar-refractivity contribution in [2.75, 3.05) is 13.1 Å². The number of thiophene rings is 1. The number of nitrogens with zero attached hydrogens (tertiary/aromatic N) is 2. The van der Waals surface area contributed by atoms with Crippen LogP contribution in [0.5, 0.6) is 0 Å². The lowest BCUT2D eigenvalue weighted by Gasteiger charge is -2.31. The molecule has 0 bridgehead atoms. The molecule has 0 amide bonds. The second-order valence-electron chi connectivity index (χ2n) is 6.76. The van der Waals surface area contributed by atoms with Gasteiger partial charge in [-0.3, -0.25) is 9.69 Å². The van der Waals surface area contributed by atoms with Gasteiger partial charge >= 0.3 is 0 Å². The number of nitrogens with one attached hydrogen (secondary N) is 1. The van der Waals surface area contributed by atoms with Crippen LogP contribution in [0.2, 0.25) is 0 Å². The Bertz CT molecular complexity index is 1020. The van der Waals surface area contributed by atoms with E-state index < -0.39 is 10.0 Å². The highest BCUT2D eigenvalue weighted by molar-refractivity contribution is 7.89. The highest BCUT2D eigenvalue weighted by atomic mass is 32.2. The number of hydrogen-bond donors (Lipinski definition) is 2. The minimum absolute atomic E-state index is 0.0717. The summed E-state index contributed by atoms with van der Waals surface area (Å²) in [4.78, 5) is 12.2. The average molecular weight is 454 g/mol. The van der Waals surface area contributed by atoms with Gasteiger partial charge < -0.3 is 14.0 Å². The lowest BCUT2D eigenvalue weighted by molar-refractivity contribution is -0.122. The summed E-state index contributed by atoms with van der Waals surface area (Å²) in [5, 5.41) is 12.6. The van der Waals surface area contributed by atoms with Crippen molar-refractivity contribution in [2.45, 2.75) is 37.2 Å². The van der Waals surface area contributed by atoms with E-state index in [1.54, 1.807) is 24.3 Å². The molecule has 1 aliphatic heterocycles. The van der Waals surface area contributed by atoms with Crippen molar-refractivity contribution in [3.8, 4) is 11.5 Å². The number of piperidine rings is 1. The second kappa shape index (κ2) is 10.0. The SMILES string of the molecule is Cc1oc(-c2ccno2)cc1S(=O)(=O)NC1CCN(Cc2cccs2)CC1.O=CO. The maximum Gasteiger partial charge on any atom is 0.290 e. The number of hydrogen-bond acceptors (Lipinski definition) is 8. The third kappa shape index (κ3) is 5.57. The van der Waals surface area contributed by atoms with Gasteiger partial charge in [-0.05, 0) is 31.2 Å². The molecule has 4 heterocycles. The summed E-state index contributed by atoms with van der Waals surface area (Å²) >= 11 is 1.75. The zero-order valence-corrected chi connectivity index (χ0v) is 18.0. The summed E-state index contributed by atoms with van der Waals surface area (Å²) in [7, 11) is -3.65. The van der Waals surface area contributed by atoms with Gasteiger partial charge in [-0.25, -0.2) is 13.1 Å². The van der Waals surface area contributed by atoms with Crippen LogP contribution in [0.3, 0.4) is 0 Å². The van der Waals surface area contributed by atoms with Gasteiger partial charge in [0.05, 0.1) is 6.20 Å². The van der Waals surface area contributed by atoms with Crippen molar-refractivity contribution in [3.63, 3.8) is 0 Å². The van der Waals surface area contributed by atoms with Gasteiger partial charge in [0.25, 0.3) is 6.47 Å². The van der Waals surface area contributed by atoms with Crippen LogP contribution in [0.25, 0.3) is 11.5 Å². The standard InChI is InChI=1S/C18H21N3O4S2.CH2O2/c1-13-18(11-17(24-13)16-4-7-19-25-16)27(22,23)20-14-5-8-21(9-6-14)12-15-3-2-10-26-15;2-1-3/h2-4,7,10-11,14,20H,5-6,8-9,12H2,1H3;1H,(H,2,3). The first-order chi connectivity index (χ1) is 14.4. The minimum atomic E-state index is -3.65. The Labute approximate surface area is 178 Å². The number of aryl methyl sites for hydroxylation is 1. The van der Waals surface area contributed by atoms with E-state index in [4.69, 9.17) is 18.8 Å². The number of likely N-dealkylation sites (tertiary alicyclic amines) is 1. The molecule has 3 aromatic heterocycles. The first kappa shape index (κ1) is 22.2. The van der Waals surface area contributed by atoms with Gasteiger partial charge in [0.15, 0.2) is 5.76 Å². The van der Waals surface area contributed by atoms with Crippen molar-refractivity contribution < 1.29 is 27.3 Å². The molecule has 162 valence electrons. The van der Waals surface area contributed by atoms with Crippen LogP contribution in [-0.4, -0.2) is 49.2 Å². The fourth-order valence-electron chi connectivity index (χ4n) is 3.31. The third-order valence-electron chi connectivity index (χ3n) is 4.71. The molecule has 9 nitrogen and oxygen atoms in total. The van der Waals surface area contributed by atoms with Gasteiger partial charge in [-0.2, -0.15) is 0 Å². The van der Waals surface area contributed by atoms with E-state index in [-0.39, 0.29) is 17.4 Å². The fraction of sp³-hybridized carbons (Fsp3) is 0.368. The van der Waals surface area contributed by atoms with Crippen LogP contribution in [0, 0.1) is 6.92 Å². The fourth-order valence-corrected chi connectivity index (χ4v) is 5.54. The van der Waals surface area contributed by atoms with Crippen LogP contribution in [-0.2, 0) is 21.4 Å². The van der Waals surface area contributed by atoms with Crippen LogP contribution >= 0.6 is 11.3 Å². The number of furan rings is 1. The monoisotopic (exact) mass is 453 g/mol. The van der Waals surface area contributed by atoms with Crippen molar-refractivity contribution in [3.05, 3.63) is 46.5 Å². The Morgan fingerprint density at radius 2 is 2.07 bits per heavy atom. The average Bonchev–Trinajstić information content (AvgIpc) is 3.45. The van der Waals surface area contributed by atoms with Gasteiger partial charge in [-0.1, -0.05) is 11.2 Å². The van der Waals surface area contributed by atoms with E-state index in [1.807, 2.05) is 0 Å². The summed E-state index contributed by atoms with van der Waals surface area (Å²) in [6.45, 7) is 4.06. The number of carboxylic acid groups (broad SMARTS) is 1. The van der Waals surface area contributed by atoms with Crippen molar-refractivity contribution in [2.24, 2.45) is 0 Å². The number of sulfonamides is 1. The van der Waals surface area contributed by atoms with E-state index >= 15 is 0 Å². The number of aromatic nitrogens is 1. The molecule has 0 radical (unpaired) electrons. The largest absolute Gasteiger partial charge is 0.483 e. The van der Waals surface area contributed by atoms with E-state index in [1.165, 1.54) is 17.1 Å². The quantitative estimate of drug-likeness (QED) is 0.546. The van der Waals surface area contributed by atoms with Gasteiger partial charge in [0.1, 0.15) is 10.7 Å². The van der Waals surface area contributed by atoms with Gasteiger partial charge in [0, 0.05) is 42.7 Å². The van der Waals surface area contributed by atoms with Gasteiger partial charge in [0.2, 0.25) is 15.8 Å². The van der Waals surface area contributed by atoms with E-state index in [9.17, 15) is 8.42 Å². The molecule has 30 heavy (non-hydrogen) atoms.